The number of amides is 1. The standard InChI is InChI=1S/C19H24N2O5/c1-13(17-9-14-5-3-4-6-16(14)26-17)19(24)21-7-8-25-15(11-21)10-20(2)12-18(22)23/h3-6,9,13,15H,7-8,10-12H2,1-2H3,(H,22,23)/t13-,15-/m1/s1. The van der Waals surface area contributed by atoms with Crippen molar-refractivity contribution in [2.45, 2.75) is 18.9 Å². The molecular weight excluding hydrogens is 336 g/mol. The maximum absolute atomic E-state index is 12.9. The molecule has 1 amide bonds. The molecule has 3 rings (SSSR count). The first-order chi connectivity index (χ1) is 12.4. The summed E-state index contributed by atoms with van der Waals surface area (Å²) in [5, 5.41) is 9.84. The van der Waals surface area contributed by atoms with Crippen molar-refractivity contribution in [3.8, 4) is 0 Å². The Morgan fingerprint density at radius 3 is 2.88 bits per heavy atom. The fourth-order valence-electron chi connectivity index (χ4n) is 3.28. The number of furan rings is 1. The van der Waals surface area contributed by atoms with Crippen LogP contribution in [0.5, 0.6) is 0 Å². The van der Waals surface area contributed by atoms with Crippen molar-refractivity contribution in [3.05, 3.63) is 36.1 Å². The molecule has 140 valence electrons. The molecule has 1 aliphatic rings. The third-order valence-electron chi connectivity index (χ3n) is 4.61. The molecule has 1 saturated heterocycles. The van der Waals surface area contributed by atoms with Crippen LogP contribution in [-0.2, 0) is 14.3 Å². The average molecular weight is 360 g/mol. The number of carbonyl (C=O) groups excluding carboxylic acids is 1. The molecule has 2 aromatic rings. The quantitative estimate of drug-likeness (QED) is 0.845. The van der Waals surface area contributed by atoms with Crippen molar-refractivity contribution in [3.63, 3.8) is 0 Å². The first-order valence-corrected chi connectivity index (χ1v) is 8.73. The zero-order valence-corrected chi connectivity index (χ0v) is 15.1. The Labute approximate surface area is 152 Å². The first-order valence-electron chi connectivity index (χ1n) is 8.73. The summed E-state index contributed by atoms with van der Waals surface area (Å²) in [6.07, 6.45) is -0.195. The zero-order chi connectivity index (χ0) is 18.7. The minimum absolute atomic E-state index is 0.00163. The Balaban J connectivity index is 1.63. The number of likely N-dealkylation sites (N-methyl/N-ethyl adjacent to an activating group) is 1. The zero-order valence-electron chi connectivity index (χ0n) is 15.1. The number of fused-ring (bicyclic) bond motifs is 1. The van der Waals surface area contributed by atoms with Crippen molar-refractivity contribution in [2.24, 2.45) is 0 Å². The van der Waals surface area contributed by atoms with Crippen LogP contribution in [0.2, 0.25) is 0 Å². The second-order valence-corrected chi connectivity index (χ2v) is 6.78. The Morgan fingerprint density at radius 2 is 2.15 bits per heavy atom. The molecule has 1 aliphatic heterocycles. The number of nitrogens with zero attached hydrogens (tertiary/aromatic N) is 2. The lowest BCUT2D eigenvalue weighted by Crippen LogP contribution is -2.50. The largest absolute Gasteiger partial charge is 0.480 e. The van der Waals surface area contributed by atoms with Crippen molar-refractivity contribution >= 4 is 22.8 Å². The molecule has 0 saturated carbocycles. The van der Waals surface area contributed by atoms with Crippen LogP contribution in [0.4, 0.5) is 0 Å². The summed E-state index contributed by atoms with van der Waals surface area (Å²) in [6.45, 7) is 3.69. The fraction of sp³-hybridized carbons (Fsp3) is 0.474. The minimum atomic E-state index is -0.880. The highest BCUT2D eigenvalue weighted by atomic mass is 16.5. The van der Waals surface area contributed by atoms with Crippen LogP contribution in [0, 0.1) is 0 Å². The number of carboxylic acids is 1. The van der Waals surface area contributed by atoms with Crippen LogP contribution in [0.1, 0.15) is 18.6 Å². The predicted molar refractivity (Wildman–Crippen MR) is 96.1 cm³/mol. The van der Waals surface area contributed by atoms with Crippen LogP contribution in [0.15, 0.2) is 34.7 Å². The van der Waals surface area contributed by atoms with Gasteiger partial charge in [0.25, 0.3) is 0 Å². The molecule has 1 aromatic carbocycles. The molecule has 2 heterocycles. The number of morpholine rings is 1. The molecular formula is C19H24N2O5. The van der Waals surface area contributed by atoms with Gasteiger partial charge in [-0.05, 0) is 26.1 Å². The van der Waals surface area contributed by atoms with Gasteiger partial charge in [0.1, 0.15) is 11.3 Å². The summed E-state index contributed by atoms with van der Waals surface area (Å²) in [4.78, 5) is 27.1. The van der Waals surface area contributed by atoms with Gasteiger partial charge in [0, 0.05) is 25.0 Å². The number of ether oxygens (including phenoxy) is 1. The summed E-state index contributed by atoms with van der Waals surface area (Å²) in [5.74, 6) is -0.604. The summed E-state index contributed by atoms with van der Waals surface area (Å²) in [6, 6.07) is 9.61. The van der Waals surface area contributed by atoms with Gasteiger partial charge in [-0.3, -0.25) is 14.5 Å². The van der Waals surface area contributed by atoms with E-state index in [2.05, 4.69) is 0 Å². The third-order valence-corrected chi connectivity index (χ3v) is 4.61. The normalized spacial score (nSPS) is 19.0. The number of carbonyl (C=O) groups is 2. The Morgan fingerprint density at radius 1 is 1.38 bits per heavy atom. The third kappa shape index (κ3) is 4.23. The average Bonchev–Trinajstić information content (AvgIpc) is 3.04. The van der Waals surface area contributed by atoms with E-state index in [1.165, 1.54) is 0 Å². The second-order valence-electron chi connectivity index (χ2n) is 6.78. The second kappa shape index (κ2) is 7.88. The van der Waals surface area contributed by atoms with E-state index < -0.39 is 5.97 Å². The van der Waals surface area contributed by atoms with E-state index in [-0.39, 0.29) is 24.5 Å². The number of hydrogen-bond donors (Lipinski definition) is 1. The van der Waals surface area contributed by atoms with Crippen LogP contribution < -0.4 is 0 Å². The minimum Gasteiger partial charge on any atom is -0.480 e. The van der Waals surface area contributed by atoms with Gasteiger partial charge in [-0.25, -0.2) is 0 Å². The van der Waals surface area contributed by atoms with Crippen LogP contribution in [0.25, 0.3) is 11.0 Å². The highest BCUT2D eigenvalue weighted by molar-refractivity contribution is 5.85. The van der Waals surface area contributed by atoms with Crippen LogP contribution >= 0.6 is 0 Å². The summed E-state index contributed by atoms with van der Waals surface area (Å²) >= 11 is 0. The molecule has 0 aliphatic carbocycles. The SMILES string of the molecule is C[C@@H](C(=O)N1CCO[C@H](CN(C)CC(=O)O)C1)c1cc2ccccc2o1. The van der Waals surface area contributed by atoms with Crippen LogP contribution in [0.3, 0.4) is 0 Å². The molecule has 1 fully saturated rings. The van der Waals surface area contributed by atoms with Gasteiger partial charge in [-0.1, -0.05) is 18.2 Å². The monoisotopic (exact) mass is 360 g/mol. The number of benzene rings is 1. The van der Waals surface area contributed by atoms with Gasteiger partial charge in [-0.15, -0.1) is 0 Å². The molecule has 1 N–H and O–H groups in total. The Bertz CT molecular complexity index is 754. The predicted octanol–water partition coefficient (Wildman–Crippen LogP) is 1.78. The lowest BCUT2D eigenvalue weighted by molar-refractivity contribution is -0.143. The summed E-state index contributed by atoms with van der Waals surface area (Å²) < 4.78 is 11.5. The van der Waals surface area contributed by atoms with E-state index in [1.54, 1.807) is 16.8 Å². The highest BCUT2D eigenvalue weighted by Crippen LogP contribution is 2.26. The van der Waals surface area contributed by atoms with E-state index in [1.807, 2.05) is 37.3 Å². The topological polar surface area (TPSA) is 83.2 Å². The van der Waals surface area contributed by atoms with E-state index >= 15 is 0 Å². The van der Waals surface area contributed by atoms with Crippen molar-refractivity contribution in [1.29, 1.82) is 0 Å². The number of aliphatic carboxylic acids is 1. The number of rotatable bonds is 6. The summed E-state index contributed by atoms with van der Waals surface area (Å²) in [5.41, 5.74) is 0.775. The fourth-order valence-corrected chi connectivity index (χ4v) is 3.28. The lowest BCUT2D eigenvalue weighted by Gasteiger charge is -2.35. The first kappa shape index (κ1) is 18.4. The number of para-hydroxylation sites is 1. The molecule has 0 spiro atoms. The Hall–Kier alpha value is -2.38. The van der Waals surface area contributed by atoms with Gasteiger partial charge >= 0.3 is 5.97 Å². The molecule has 7 nitrogen and oxygen atoms in total. The van der Waals surface area contributed by atoms with Crippen molar-refractivity contribution in [1.82, 2.24) is 9.80 Å². The molecule has 0 unspecified atom stereocenters. The maximum atomic E-state index is 12.9. The van der Waals surface area contributed by atoms with E-state index in [9.17, 15) is 9.59 Å². The molecule has 7 heteroatoms. The smallest absolute Gasteiger partial charge is 0.317 e. The van der Waals surface area contributed by atoms with Crippen molar-refractivity contribution in [2.75, 3.05) is 39.8 Å². The Kier molecular flexibility index (Phi) is 5.58. The number of carboxylic acid groups (broad SMARTS) is 1. The maximum Gasteiger partial charge on any atom is 0.317 e. The van der Waals surface area contributed by atoms with E-state index in [0.29, 0.717) is 32.0 Å². The molecule has 26 heavy (non-hydrogen) atoms. The van der Waals surface area contributed by atoms with Gasteiger partial charge in [0.15, 0.2) is 0 Å². The van der Waals surface area contributed by atoms with E-state index in [4.69, 9.17) is 14.3 Å². The van der Waals surface area contributed by atoms with E-state index in [0.717, 1.165) is 11.0 Å². The molecule has 2 atom stereocenters. The summed E-state index contributed by atoms with van der Waals surface area (Å²) in [7, 11) is 1.73. The van der Waals surface area contributed by atoms with Gasteiger partial charge in [0.05, 0.1) is 25.2 Å². The highest BCUT2D eigenvalue weighted by Gasteiger charge is 2.30. The van der Waals surface area contributed by atoms with Gasteiger partial charge in [0.2, 0.25) is 5.91 Å². The number of hydrogen-bond acceptors (Lipinski definition) is 5. The van der Waals surface area contributed by atoms with Gasteiger partial charge < -0.3 is 19.2 Å². The molecule has 0 radical (unpaired) electrons. The van der Waals surface area contributed by atoms with Crippen LogP contribution in [-0.4, -0.2) is 72.7 Å². The molecule has 1 aromatic heterocycles. The van der Waals surface area contributed by atoms with Gasteiger partial charge in [-0.2, -0.15) is 0 Å². The molecule has 0 bridgehead atoms. The lowest BCUT2D eigenvalue weighted by atomic mass is 10.1. The van der Waals surface area contributed by atoms with Crippen molar-refractivity contribution < 1.29 is 23.8 Å².